The van der Waals surface area contributed by atoms with Gasteiger partial charge in [0.2, 0.25) is 5.91 Å². The first kappa shape index (κ1) is 35.6. The maximum absolute atomic E-state index is 13.8. The van der Waals surface area contributed by atoms with Crippen molar-refractivity contribution in [2.45, 2.75) is 31.7 Å². The molecule has 0 unspecified atom stereocenters. The maximum atomic E-state index is 13.8. The van der Waals surface area contributed by atoms with Gasteiger partial charge in [-0.05, 0) is 60.5 Å². The molecule has 4 amide bonds. The highest BCUT2D eigenvalue weighted by atomic mass is 35.5. The van der Waals surface area contributed by atoms with Gasteiger partial charge in [0.15, 0.2) is 0 Å². The summed E-state index contributed by atoms with van der Waals surface area (Å²) in [6.07, 6.45) is 1.44. The van der Waals surface area contributed by atoms with E-state index in [2.05, 4.69) is 25.5 Å². The summed E-state index contributed by atoms with van der Waals surface area (Å²) in [4.78, 5) is 60.4. The molecule has 0 fully saturated rings. The van der Waals surface area contributed by atoms with Gasteiger partial charge in [0.25, 0.3) is 0 Å². The van der Waals surface area contributed by atoms with Crippen LogP contribution in [0.2, 0.25) is 5.02 Å². The average Bonchev–Trinajstić information content (AvgIpc) is 2.98. The fourth-order valence-electron chi connectivity index (χ4n) is 4.18. The number of pyridine rings is 1. The molecule has 5 N–H and O–H groups in total. The van der Waals surface area contributed by atoms with Gasteiger partial charge in [-0.25, -0.2) is 27.9 Å². The average molecular weight is 672 g/mol. The lowest BCUT2D eigenvalue weighted by molar-refractivity contribution is -0.132. The van der Waals surface area contributed by atoms with Crippen LogP contribution in [-0.4, -0.2) is 77.1 Å². The molecule has 1 atom stereocenters. The van der Waals surface area contributed by atoms with Crippen LogP contribution in [0.4, 0.5) is 24.2 Å². The minimum Gasteiger partial charge on any atom is -0.447 e. The summed E-state index contributed by atoms with van der Waals surface area (Å²) in [6, 6.07) is 8.74. The molecule has 3 aromatic rings. The van der Waals surface area contributed by atoms with Gasteiger partial charge < -0.3 is 30.1 Å². The van der Waals surface area contributed by atoms with Crippen LogP contribution in [0.1, 0.15) is 24.8 Å². The second-order valence-electron chi connectivity index (χ2n) is 9.80. The van der Waals surface area contributed by atoms with Crippen LogP contribution in [0.15, 0.2) is 48.7 Å². The quantitative estimate of drug-likeness (QED) is 0.116. The Morgan fingerprint density at radius 2 is 1.84 bits per heavy atom. The lowest BCUT2D eigenvalue weighted by Crippen LogP contribution is -2.42. The molecule has 0 bridgehead atoms. The normalized spacial score (nSPS) is 12.0. The van der Waals surface area contributed by atoms with E-state index in [4.69, 9.17) is 26.1 Å². The van der Waals surface area contributed by atoms with Crippen LogP contribution >= 0.6 is 19.4 Å². The summed E-state index contributed by atoms with van der Waals surface area (Å²) in [5.41, 5.74) is 0.467. The molecule has 3 rings (SSSR count). The van der Waals surface area contributed by atoms with Crippen LogP contribution in [0.25, 0.3) is 10.8 Å². The number of phosphoric ester groups is 1. The van der Waals surface area contributed by atoms with Gasteiger partial charge in [0.1, 0.15) is 24.1 Å². The van der Waals surface area contributed by atoms with Crippen molar-refractivity contribution in [2.24, 2.45) is 0 Å². The predicted molar refractivity (Wildman–Crippen MR) is 162 cm³/mol. The van der Waals surface area contributed by atoms with Crippen LogP contribution < -0.4 is 16.0 Å². The number of amides is 4. The predicted octanol–water partition coefficient (Wildman–Crippen LogP) is 4.36. The van der Waals surface area contributed by atoms with Crippen molar-refractivity contribution >= 4 is 54.0 Å². The fraction of sp³-hybridized carbons (Fsp3) is 0.357. The number of benzene rings is 2. The minimum atomic E-state index is -4.64. The van der Waals surface area contributed by atoms with E-state index >= 15 is 0 Å². The SMILES string of the molecule is CN(C(=O)CCc1cccc(F)c1Cl)[C@@H](CCCNC(=O)NCCOP(=O)(O)O)COC(=O)Nc1cc2cc(F)ccc2cn1. The summed E-state index contributed by atoms with van der Waals surface area (Å²) < 4.78 is 47.7. The molecule has 0 saturated heterocycles. The number of aryl methyl sites for hydroxylation is 1. The van der Waals surface area contributed by atoms with Crippen molar-refractivity contribution in [1.82, 2.24) is 20.5 Å². The van der Waals surface area contributed by atoms with E-state index in [-0.39, 0.29) is 49.3 Å². The van der Waals surface area contributed by atoms with E-state index in [9.17, 15) is 27.7 Å². The maximum Gasteiger partial charge on any atom is 0.469 e. The number of hydrogen-bond acceptors (Lipinski definition) is 7. The van der Waals surface area contributed by atoms with Gasteiger partial charge in [-0.2, -0.15) is 0 Å². The third-order valence-corrected chi connectivity index (χ3v) is 7.49. The largest absolute Gasteiger partial charge is 0.469 e. The van der Waals surface area contributed by atoms with E-state index in [1.54, 1.807) is 12.1 Å². The number of fused-ring (bicyclic) bond motifs is 1. The number of carbonyl (C=O) groups is 3. The van der Waals surface area contributed by atoms with Gasteiger partial charge in [0.05, 0.1) is 17.7 Å². The molecule has 2 aromatic carbocycles. The molecule has 0 saturated carbocycles. The number of ether oxygens (including phenoxy) is 1. The third-order valence-electron chi connectivity index (χ3n) is 6.55. The Kier molecular flexibility index (Phi) is 13.4. The summed E-state index contributed by atoms with van der Waals surface area (Å²) in [5, 5.41) is 8.56. The second-order valence-corrected chi connectivity index (χ2v) is 11.4. The first-order valence-corrected chi connectivity index (χ1v) is 15.6. The summed E-state index contributed by atoms with van der Waals surface area (Å²) in [5.74, 6) is -1.23. The molecule has 1 aromatic heterocycles. The Hall–Kier alpha value is -3.88. The number of rotatable bonds is 15. The lowest BCUT2D eigenvalue weighted by Gasteiger charge is -2.28. The fourth-order valence-corrected chi connectivity index (χ4v) is 4.73. The Balaban J connectivity index is 1.56. The number of halogens is 3. The van der Waals surface area contributed by atoms with E-state index in [0.29, 0.717) is 29.2 Å². The zero-order valence-electron chi connectivity index (χ0n) is 24.2. The monoisotopic (exact) mass is 671 g/mol. The van der Waals surface area contributed by atoms with E-state index < -0.39 is 44.2 Å². The second kappa shape index (κ2) is 17.0. The van der Waals surface area contributed by atoms with Gasteiger partial charge >= 0.3 is 19.9 Å². The number of likely N-dealkylation sites (N-methyl/N-ethyl adjacent to an activating group) is 1. The van der Waals surface area contributed by atoms with Gasteiger partial charge in [0, 0.05) is 38.1 Å². The van der Waals surface area contributed by atoms with Crippen LogP contribution in [0.5, 0.6) is 0 Å². The first-order valence-electron chi connectivity index (χ1n) is 13.7. The third kappa shape index (κ3) is 12.2. The van der Waals surface area contributed by atoms with Crippen molar-refractivity contribution in [3.63, 3.8) is 0 Å². The first-order chi connectivity index (χ1) is 21.3. The van der Waals surface area contributed by atoms with Crippen LogP contribution in [0.3, 0.4) is 0 Å². The van der Waals surface area contributed by atoms with Crippen molar-refractivity contribution in [3.05, 3.63) is 70.9 Å². The van der Waals surface area contributed by atoms with Crippen molar-refractivity contribution in [1.29, 1.82) is 0 Å². The molecule has 0 radical (unpaired) electrons. The summed E-state index contributed by atoms with van der Waals surface area (Å²) in [6.45, 7) is -0.593. The minimum absolute atomic E-state index is 0.00270. The number of urea groups is 1. The zero-order chi connectivity index (χ0) is 33.0. The number of carbonyl (C=O) groups excluding carboxylic acids is 3. The Bertz CT molecular complexity index is 1550. The highest BCUT2D eigenvalue weighted by Crippen LogP contribution is 2.35. The highest BCUT2D eigenvalue weighted by Gasteiger charge is 2.22. The number of nitrogens with zero attached hydrogens (tertiary/aromatic N) is 2. The van der Waals surface area contributed by atoms with Crippen LogP contribution in [-0.2, 0) is 25.0 Å². The van der Waals surface area contributed by atoms with E-state index in [1.807, 2.05) is 0 Å². The molecule has 0 spiro atoms. The van der Waals surface area contributed by atoms with Gasteiger partial charge in [-0.1, -0.05) is 23.7 Å². The number of nitrogens with one attached hydrogen (secondary N) is 3. The number of anilines is 1. The van der Waals surface area contributed by atoms with E-state index in [0.717, 1.165) is 0 Å². The topological polar surface area (TPSA) is 179 Å². The smallest absolute Gasteiger partial charge is 0.447 e. The number of phosphoric acid groups is 1. The molecule has 13 nitrogen and oxygen atoms in total. The molecule has 1 heterocycles. The molecular formula is C28H33ClF2N5O8P. The van der Waals surface area contributed by atoms with Crippen molar-refractivity contribution < 1.29 is 46.8 Å². The van der Waals surface area contributed by atoms with Gasteiger partial charge in [-0.15, -0.1) is 0 Å². The molecule has 0 aliphatic carbocycles. The Morgan fingerprint density at radius 1 is 1.09 bits per heavy atom. The standard InChI is InChI=1S/C28H33ClF2N5O8P/c1-36(25(37)10-8-18-4-2-6-23(31)26(18)29)22(5-3-11-32-27(38)33-12-13-44-45(40,41)42)17-43-28(39)35-24-15-20-14-21(30)9-7-19(20)16-34-24/h2,4,6-7,9,14-16,22H,3,5,8,10-13,17H2,1H3,(H2,32,33,38)(H,34,35,39)(H2,40,41,42)/t22-/m0/s1. The number of hydrogen-bond donors (Lipinski definition) is 5. The zero-order valence-corrected chi connectivity index (χ0v) is 25.8. The highest BCUT2D eigenvalue weighted by molar-refractivity contribution is 7.46. The van der Waals surface area contributed by atoms with Gasteiger partial charge in [-0.3, -0.25) is 14.6 Å². The summed E-state index contributed by atoms with van der Waals surface area (Å²) >= 11 is 6.01. The molecule has 0 aliphatic heterocycles. The molecular weight excluding hydrogens is 639 g/mol. The Morgan fingerprint density at radius 3 is 2.60 bits per heavy atom. The number of aromatic nitrogens is 1. The lowest BCUT2D eigenvalue weighted by atomic mass is 10.1. The summed E-state index contributed by atoms with van der Waals surface area (Å²) in [7, 11) is -3.11. The molecule has 0 aliphatic rings. The van der Waals surface area contributed by atoms with Crippen LogP contribution in [0, 0.1) is 11.6 Å². The Labute approximate surface area is 262 Å². The van der Waals surface area contributed by atoms with E-state index in [1.165, 1.54) is 48.5 Å². The molecule has 45 heavy (non-hydrogen) atoms. The van der Waals surface area contributed by atoms with Crippen molar-refractivity contribution in [2.75, 3.05) is 38.7 Å². The molecule has 244 valence electrons. The van der Waals surface area contributed by atoms with Crippen molar-refractivity contribution in [3.8, 4) is 0 Å². The molecule has 17 heteroatoms.